The summed E-state index contributed by atoms with van der Waals surface area (Å²) < 4.78 is 67.9. The molecule has 0 unspecified atom stereocenters. The molecule has 2 atom stereocenters. The number of anilines is 2. The van der Waals surface area contributed by atoms with Crippen LogP contribution in [0.4, 0.5) is 29.3 Å². The summed E-state index contributed by atoms with van der Waals surface area (Å²) in [5.41, 5.74) is -0.837. The second-order valence-corrected chi connectivity index (χ2v) is 17.3. The summed E-state index contributed by atoms with van der Waals surface area (Å²) in [5.74, 6) is -2.45. The van der Waals surface area contributed by atoms with E-state index in [1.165, 1.54) is 12.0 Å². The van der Waals surface area contributed by atoms with Crippen LogP contribution in [0.5, 0.6) is 11.5 Å². The molecule has 3 aromatic carbocycles. The van der Waals surface area contributed by atoms with Gasteiger partial charge in [0, 0.05) is 48.4 Å². The van der Waals surface area contributed by atoms with Crippen molar-refractivity contribution in [2.75, 3.05) is 70.9 Å². The van der Waals surface area contributed by atoms with E-state index in [-0.39, 0.29) is 70.5 Å². The van der Waals surface area contributed by atoms with Crippen LogP contribution >= 0.6 is 11.6 Å². The highest BCUT2D eigenvalue weighted by Crippen LogP contribution is 2.34. The Morgan fingerprint density at radius 1 is 0.786 bits per heavy atom. The number of carbonyl (C=O) groups excluding carboxylic acids is 7. The zero-order valence-corrected chi connectivity index (χ0v) is 40.6. The lowest BCUT2D eigenvalue weighted by Crippen LogP contribution is -2.53. The lowest BCUT2D eigenvalue weighted by Gasteiger charge is -2.36. The summed E-state index contributed by atoms with van der Waals surface area (Å²) in [6, 6.07) is 13.8. The number of nitrogens with zero attached hydrogens (tertiary/aromatic N) is 1. The van der Waals surface area contributed by atoms with E-state index < -0.39 is 69.7 Å². The molecule has 3 aromatic rings. The Labute approximate surface area is 409 Å². The molecule has 5 amide bonds. The third-order valence-electron chi connectivity index (χ3n) is 11.5. The molecule has 1 aliphatic rings. The predicted molar refractivity (Wildman–Crippen MR) is 253 cm³/mol. The van der Waals surface area contributed by atoms with E-state index in [9.17, 15) is 46.7 Å². The maximum Gasteiger partial charge on any atom is 0.416 e. The van der Waals surface area contributed by atoms with Gasteiger partial charge in [-0.2, -0.15) is 13.2 Å². The fourth-order valence-corrected chi connectivity index (χ4v) is 7.33. The number of piperidine rings is 1. The Kier molecular flexibility index (Phi) is 21.9. The van der Waals surface area contributed by atoms with Crippen molar-refractivity contribution < 1.29 is 70.4 Å². The number of amides is 5. The predicted octanol–water partition coefficient (Wildman–Crippen LogP) is 7.39. The molecular weight excluding hydrogens is 943 g/mol. The van der Waals surface area contributed by atoms with Crippen molar-refractivity contribution in [1.82, 2.24) is 15.5 Å². The Morgan fingerprint density at radius 2 is 1.51 bits per heavy atom. The standard InChI is InChI=1S/C49H61ClF3N5O12/c1-6-48(2,3)43(61)45(63)58-21-8-7-12-37(58)46(64)70-38(15-13-31-14-16-39(66-4)40(26-31)67-5)32-10-9-11-35(28-32)56-42(60)18-22-68-24-25-69-23-20-54-41(59)17-19-55-44(62)33-27-34(49(51,52)53)30-36(29-33)57-47(50)65/h9-11,14,16,26-30,37-38H,6-8,12-13,15,17-25H2,1-5H3,(H,54,59)(H,55,62)(H,56,60)(H,57,65)/t37-,38+/m0/s1. The minimum Gasteiger partial charge on any atom is -0.493 e. The number of benzene rings is 3. The molecule has 1 aliphatic heterocycles. The molecule has 4 rings (SSSR count). The van der Waals surface area contributed by atoms with Gasteiger partial charge in [0.05, 0.1) is 52.6 Å². The second-order valence-electron chi connectivity index (χ2n) is 16.9. The molecule has 0 aromatic heterocycles. The molecule has 0 saturated carbocycles. The van der Waals surface area contributed by atoms with E-state index in [1.807, 2.05) is 24.4 Å². The SMILES string of the molecule is CCC(C)(C)C(=O)C(=O)N1CCCC[C@H]1C(=O)O[C@H](CCc1ccc(OC)c(OC)c1)c1cccc(NC(=O)CCOCCOCCNC(=O)CCNC(=O)c2cc(NC(=O)Cl)cc(C(F)(F)F)c2)c1. The first kappa shape index (κ1) is 56.3. The normalized spacial score (nSPS) is 14.2. The quantitative estimate of drug-likeness (QED) is 0.0204. The first-order valence-electron chi connectivity index (χ1n) is 22.8. The summed E-state index contributed by atoms with van der Waals surface area (Å²) in [6.45, 7) is 5.95. The van der Waals surface area contributed by atoms with E-state index in [2.05, 4.69) is 16.0 Å². The van der Waals surface area contributed by atoms with Crippen LogP contribution < -0.4 is 30.7 Å². The fraction of sp³-hybridized carbons (Fsp3) is 0.490. The van der Waals surface area contributed by atoms with Crippen LogP contribution in [0.1, 0.15) is 98.9 Å². The Balaban J connectivity index is 1.23. The van der Waals surface area contributed by atoms with Crippen molar-refractivity contribution in [3.63, 3.8) is 0 Å². The third kappa shape index (κ3) is 17.6. The van der Waals surface area contributed by atoms with Gasteiger partial charge in [-0.1, -0.05) is 39.0 Å². The fourth-order valence-electron chi connectivity index (χ4n) is 7.22. The molecule has 1 heterocycles. The first-order chi connectivity index (χ1) is 33.3. The van der Waals surface area contributed by atoms with Crippen LogP contribution in [0.2, 0.25) is 0 Å². The number of hydrogen-bond acceptors (Lipinski definition) is 12. The van der Waals surface area contributed by atoms with E-state index >= 15 is 0 Å². The summed E-state index contributed by atoms with van der Waals surface area (Å²) in [4.78, 5) is 90.8. The molecule has 0 bridgehead atoms. The molecular formula is C49H61ClF3N5O12. The van der Waals surface area contributed by atoms with E-state index in [4.69, 9.17) is 35.3 Å². The monoisotopic (exact) mass is 1000 g/mol. The van der Waals surface area contributed by atoms with E-state index in [0.717, 1.165) is 11.6 Å². The molecule has 70 heavy (non-hydrogen) atoms. The summed E-state index contributed by atoms with van der Waals surface area (Å²) >= 11 is 5.21. The average molecular weight is 1000 g/mol. The molecule has 1 saturated heterocycles. The number of alkyl halides is 3. The number of likely N-dealkylation sites (tertiary alicyclic amines) is 1. The van der Waals surface area contributed by atoms with Crippen molar-refractivity contribution in [2.45, 2.75) is 90.5 Å². The number of aryl methyl sites for hydroxylation is 1. The van der Waals surface area contributed by atoms with Crippen molar-refractivity contribution >= 4 is 63.7 Å². The number of carbonyl (C=O) groups is 7. The van der Waals surface area contributed by atoms with Crippen LogP contribution in [0.3, 0.4) is 0 Å². The molecule has 0 radical (unpaired) electrons. The van der Waals surface area contributed by atoms with Gasteiger partial charge >= 0.3 is 17.5 Å². The number of nitrogens with one attached hydrogen (secondary N) is 4. The highest BCUT2D eigenvalue weighted by molar-refractivity contribution is 6.65. The molecule has 17 nitrogen and oxygen atoms in total. The largest absolute Gasteiger partial charge is 0.493 e. The minimum atomic E-state index is -4.80. The van der Waals surface area contributed by atoms with Gasteiger partial charge in [0.15, 0.2) is 11.5 Å². The average Bonchev–Trinajstić information content (AvgIpc) is 3.33. The molecule has 21 heteroatoms. The van der Waals surface area contributed by atoms with Crippen LogP contribution in [0.25, 0.3) is 0 Å². The van der Waals surface area contributed by atoms with Crippen molar-refractivity contribution in [3.8, 4) is 11.5 Å². The van der Waals surface area contributed by atoms with Crippen molar-refractivity contribution in [2.24, 2.45) is 5.41 Å². The summed E-state index contributed by atoms with van der Waals surface area (Å²) in [7, 11) is 3.08. The van der Waals surface area contributed by atoms with Crippen LogP contribution in [0.15, 0.2) is 60.7 Å². The van der Waals surface area contributed by atoms with Crippen molar-refractivity contribution in [3.05, 3.63) is 82.9 Å². The van der Waals surface area contributed by atoms with Gasteiger partial charge in [-0.15, -0.1) is 0 Å². The lowest BCUT2D eigenvalue weighted by molar-refractivity contribution is -0.164. The Morgan fingerprint density at radius 3 is 2.20 bits per heavy atom. The van der Waals surface area contributed by atoms with Gasteiger partial charge in [0.2, 0.25) is 17.6 Å². The third-order valence-corrected chi connectivity index (χ3v) is 11.6. The van der Waals surface area contributed by atoms with Crippen molar-refractivity contribution in [1.29, 1.82) is 0 Å². The molecule has 0 aliphatic carbocycles. The number of rotatable bonds is 26. The van der Waals surface area contributed by atoms with Gasteiger partial charge in [0.25, 0.3) is 11.8 Å². The van der Waals surface area contributed by atoms with E-state index in [0.29, 0.717) is 73.4 Å². The smallest absolute Gasteiger partial charge is 0.416 e. The van der Waals surface area contributed by atoms with Gasteiger partial charge in [-0.25, -0.2) is 4.79 Å². The highest BCUT2D eigenvalue weighted by atomic mass is 35.5. The number of halogens is 4. The van der Waals surface area contributed by atoms with Crippen LogP contribution in [0, 0.1) is 5.41 Å². The maximum atomic E-state index is 14.0. The Bertz CT molecular complexity index is 2310. The zero-order valence-electron chi connectivity index (χ0n) is 39.9. The second kappa shape index (κ2) is 27.2. The van der Waals surface area contributed by atoms with Gasteiger partial charge in [-0.3, -0.25) is 28.8 Å². The van der Waals surface area contributed by atoms with Crippen LogP contribution in [-0.2, 0) is 50.8 Å². The molecule has 382 valence electrons. The number of methoxy groups -OCH3 is 2. The van der Waals surface area contributed by atoms with E-state index in [1.54, 1.807) is 51.3 Å². The molecule has 1 fully saturated rings. The van der Waals surface area contributed by atoms with Gasteiger partial charge < -0.3 is 49.9 Å². The maximum absolute atomic E-state index is 14.0. The number of Topliss-reactive ketones (excluding diaryl/α,β-unsaturated/α-hetero) is 1. The topological polar surface area (TPSA) is 217 Å². The number of ether oxygens (including phenoxy) is 5. The lowest BCUT2D eigenvalue weighted by atomic mass is 9.84. The molecule has 0 spiro atoms. The van der Waals surface area contributed by atoms with Crippen LogP contribution in [-0.4, -0.2) is 112 Å². The molecule has 4 N–H and O–H groups in total. The highest BCUT2D eigenvalue weighted by Gasteiger charge is 2.41. The minimum absolute atomic E-state index is 0.00650. The van der Waals surface area contributed by atoms with Gasteiger partial charge in [0.1, 0.15) is 12.1 Å². The summed E-state index contributed by atoms with van der Waals surface area (Å²) in [5, 5.41) is 8.66. The number of hydrogen-bond donors (Lipinski definition) is 4. The van der Waals surface area contributed by atoms with Gasteiger partial charge in [-0.05, 0) is 104 Å². The number of ketones is 1. The summed E-state index contributed by atoms with van der Waals surface area (Å²) in [6.07, 6.45) is -2.82. The Hall–Kier alpha value is -6.25. The zero-order chi connectivity index (χ0) is 51.4. The number of esters is 1. The first-order valence-corrected chi connectivity index (χ1v) is 23.2.